The molecule has 0 atom stereocenters. The van der Waals surface area contributed by atoms with Crippen LogP contribution in [-0.4, -0.2) is 17.0 Å². The van der Waals surface area contributed by atoms with Gasteiger partial charge in [0.2, 0.25) is 0 Å². The quantitative estimate of drug-likeness (QED) is 0.876. The third-order valence-electron chi connectivity index (χ3n) is 2.28. The zero-order chi connectivity index (χ0) is 12.3. The number of aryl methyl sites for hydroxylation is 1. The molecule has 88 valence electrons. The molecule has 0 radical (unpaired) electrons. The van der Waals surface area contributed by atoms with Gasteiger partial charge in [-0.1, -0.05) is 17.7 Å². The Morgan fingerprint density at radius 2 is 1.94 bits per heavy atom. The molecule has 0 aliphatic rings. The van der Waals surface area contributed by atoms with Crippen molar-refractivity contribution in [1.82, 2.24) is 9.97 Å². The van der Waals surface area contributed by atoms with E-state index in [1.165, 1.54) is 0 Å². The summed E-state index contributed by atoms with van der Waals surface area (Å²) in [5.41, 5.74) is 1.96. The van der Waals surface area contributed by atoms with E-state index in [-0.39, 0.29) is 0 Å². The van der Waals surface area contributed by atoms with Crippen molar-refractivity contribution < 1.29 is 0 Å². The average Bonchev–Trinajstić information content (AvgIpc) is 2.34. The van der Waals surface area contributed by atoms with Gasteiger partial charge < -0.3 is 10.6 Å². The van der Waals surface area contributed by atoms with Crippen molar-refractivity contribution in [2.75, 3.05) is 17.7 Å². The third kappa shape index (κ3) is 2.85. The molecule has 0 aliphatic heterocycles. The van der Waals surface area contributed by atoms with Gasteiger partial charge in [0.15, 0.2) is 5.82 Å². The van der Waals surface area contributed by atoms with E-state index in [9.17, 15) is 0 Å². The average molecular weight is 249 g/mol. The highest BCUT2D eigenvalue weighted by Gasteiger charge is 2.02. The maximum absolute atomic E-state index is 6.09. The first kappa shape index (κ1) is 11.7. The Kier molecular flexibility index (Phi) is 3.44. The summed E-state index contributed by atoms with van der Waals surface area (Å²) in [5, 5.41) is 6.73. The molecule has 0 spiro atoms. The molecule has 2 rings (SSSR count). The Hall–Kier alpha value is -1.81. The number of nitrogens with one attached hydrogen (secondary N) is 2. The van der Waals surface area contributed by atoms with Gasteiger partial charge in [0.25, 0.3) is 0 Å². The highest BCUT2D eigenvalue weighted by atomic mass is 35.5. The summed E-state index contributed by atoms with van der Waals surface area (Å²) < 4.78 is 0. The minimum Gasteiger partial charge on any atom is -0.372 e. The predicted octanol–water partition coefficient (Wildman–Crippen LogP) is 3.22. The first-order valence-corrected chi connectivity index (χ1v) is 5.60. The molecule has 0 bridgehead atoms. The minimum atomic E-state index is 0.657. The van der Waals surface area contributed by atoms with E-state index in [0.717, 1.165) is 11.3 Å². The largest absolute Gasteiger partial charge is 0.372 e. The first-order chi connectivity index (χ1) is 8.19. The van der Waals surface area contributed by atoms with Crippen LogP contribution in [0.4, 0.5) is 17.3 Å². The fourth-order valence-electron chi connectivity index (χ4n) is 1.42. The van der Waals surface area contributed by atoms with Crippen molar-refractivity contribution in [3.05, 3.63) is 41.2 Å². The molecule has 4 nitrogen and oxygen atoms in total. The van der Waals surface area contributed by atoms with E-state index in [1.807, 2.05) is 25.1 Å². The van der Waals surface area contributed by atoms with E-state index < -0.39 is 0 Å². The van der Waals surface area contributed by atoms with Crippen LogP contribution in [0.15, 0.2) is 30.6 Å². The highest BCUT2D eigenvalue weighted by molar-refractivity contribution is 6.33. The summed E-state index contributed by atoms with van der Waals surface area (Å²) in [7, 11) is 1.80. The molecular formula is C12H13ClN4. The van der Waals surface area contributed by atoms with Crippen molar-refractivity contribution >= 4 is 28.9 Å². The molecule has 1 aromatic heterocycles. The maximum atomic E-state index is 6.09. The number of hydrogen-bond acceptors (Lipinski definition) is 4. The van der Waals surface area contributed by atoms with E-state index in [2.05, 4.69) is 20.6 Å². The Balaban J connectivity index is 2.27. The van der Waals surface area contributed by atoms with Crippen molar-refractivity contribution in [1.29, 1.82) is 0 Å². The summed E-state index contributed by atoms with van der Waals surface area (Å²) in [4.78, 5) is 8.39. The van der Waals surface area contributed by atoms with Gasteiger partial charge in [-0.05, 0) is 24.6 Å². The van der Waals surface area contributed by atoms with Gasteiger partial charge >= 0.3 is 0 Å². The van der Waals surface area contributed by atoms with Crippen molar-refractivity contribution in [3.8, 4) is 0 Å². The second kappa shape index (κ2) is 5.01. The lowest BCUT2D eigenvalue weighted by Crippen LogP contribution is -1.99. The second-order valence-corrected chi connectivity index (χ2v) is 4.06. The highest BCUT2D eigenvalue weighted by Crippen LogP contribution is 2.25. The second-order valence-electron chi connectivity index (χ2n) is 3.65. The molecule has 0 aliphatic carbocycles. The van der Waals surface area contributed by atoms with Gasteiger partial charge in [-0.3, -0.25) is 4.98 Å². The van der Waals surface area contributed by atoms with Gasteiger partial charge in [-0.25, -0.2) is 4.98 Å². The number of nitrogens with zero attached hydrogens (tertiary/aromatic N) is 2. The standard InChI is InChI=1S/C12H13ClN4/c1-8-3-4-9(13)10(5-8)16-12-7-15-6-11(14-2)17-12/h3-7H,1-2H3,(H2,14,16,17). The molecule has 0 fully saturated rings. The van der Waals surface area contributed by atoms with Gasteiger partial charge in [-0.15, -0.1) is 0 Å². The molecule has 1 aromatic carbocycles. The molecule has 0 saturated heterocycles. The molecule has 17 heavy (non-hydrogen) atoms. The van der Waals surface area contributed by atoms with Crippen LogP contribution in [0.1, 0.15) is 5.56 Å². The van der Waals surface area contributed by atoms with E-state index in [1.54, 1.807) is 19.4 Å². The monoisotopic (exact) mass is 248 g/mol. The molecule has 2 aromatic rings. The van der Waals surface area contributed by atoms with Crippen LogP contribution in [-0.2, 0) is 0 Å². The number of aromatic nitrogens is 2. The molecule has 2 N–H and O–H groups in total. The van der Waals surface area contributed by atoms with Crippen LogP contribution in [0.3, 0.4) is 0 Å². The molecule has 0 saturated carbocycles. The van der Waals surface area contributed by atoms with Crippen LogP contribution < -0.4 is 10.6 Å². The van der Waals surface area contributed by atoms with Gasteiger partial charge in [0.1, 0.15) is 5.82 Å². The number of hydrogen-bond donors (Lipinski definition) is 2. The molecular weight excluding hydrogens is 236 g/mol. The van der Waals surface area contributed by atoms with E-state index in [0.29, 0.717) is 16.7 Å². The van der Waals surface area contributed by atoms with Crippen molar-refractivity contribution in [2.24, 2.45) is 0 Å². The van der Waals surface area contributed by atoms with Crippen LogP contribution in [0.2, 0.25) is 5.02 Å². The summed E-state index contributed by atoms with van der Waals surface area (Å²) in [6.07, 6.45) is 3.31. The van der Waals surface area contributed by atoms with Crippen LogP contribution in [0.5, 0.6) is 0 Å². The van der Waals surface area contributed by atoms with E-state index >= 15 is 0 Å². The molecule has 5 heteroatoms. The first-order valence-electron chi connectivity index (χ1n) is 5.22. The lowest BCUT2D eigenvalue weighted by molar-refractivity contribution is 1.18. The minimum absolute atomic E-state index is 0.657. The van der Waals surface area contributed by atoms with Crippen molar-refractivity contribution in [3.63, 3.8) is 0 Å². The number of rotatable bonds is 3. The topological polar surface area (TPSA) is 49.8 Å². The van der Waals surface area contributed by atoms with E-state index in [4.69, 9.17) is 11.6 Å². The van der Waals surface area contributed by atoms with Gasteiger partial charge in [-0.2, -0.15) is 0 Å². The van der Waals surface area contributed by atoms with Crippen LogP contribution in [0, 0.1) is 6.92 Å². The fourth-order valence-corrected chi connectivity index (χ4v) is 1.58. The van der Waals surface area contributed by atoms with Gasteiger partial charge in [0.05, 0.1) is 23.1 Å². The lowest BCUT2D eigenvalue weighted by atomic mass is 10.2. The number of anilines is 3. The number of halogens is 1. The normalized spacial score (nSPS) is 10.1. The van der Waals surface area contributed by atoms with Crippen LogP contribution in [0.25, 0.3) is 0 Å². The SMILES string of the molecule is CNc1cncc(Nc2cc(C)ccc2Cl)n1. The zero-order valence-electron chi connectivity index (χ0n) is 9.66. The smallest absolute Gasteiger partial charge is 0.151 e. The summed E-state index contributed by atoms with van der Waals surface area (Å²) in [5.74, 6) is 1.36. The zero-order valence-corrected chi connectivity index (χ0v) is 10.4. The Labute approximate surface area is 105 Å². The third-order valence-corrected chi connectivity index (χ3v) is 2.60. The predicted molar refractivity (Wildman–Crippen MR) is 71.1 cm³/mol. The molecule has 0 unspecified atom stereocenters. The van der Waals surface area contributed by atoms with Gasteiger partial charge in [0, 0.05) is 7.05 Å². The summed E-state index contributed by atoms with van der Waals surface area (Å²) >= 11 is 6.09. The lowest BCUT2D eigenvalue weighted by Gasteiger charge is -2.09. The van der Waals surface area contributed by atoms with Crippen molar-refractivity contribution in [2.45, 2.75) is 6.92 Å². The summed E-state index contributed by atoms with van der Waals surface area (Å²) in [6.45, 7) is 2.01. The Morgan fingerprint density at radius 3 is 2.71 bits per heavy atom. The van der Waals surface area contributed by atoms with Crippen LogP contribution >= 0.6 is 11.6 Å². The molecule has 1 heterocycles. The summed E-state index contributed by atoms with van der Waals surface area (Å²) in [6, 6.07) is 5.79. The maximum Gasteiger partial charge on any atom is 0.151 e. The fraction of sp³-hybridized carbons (Fsp3) is 0.167. The molecule has 0 amide bonds. The Bertz CT molecular complexity index is 528. The number of benzene rings is 1. The Morgan fingerprint density at radius 1 is 1.18 bits per heavy atom.